The van der Waals surface area contributed by atoms with Gasteiger partial charge in [-0.25, -0.2) is 4.98 Å². The zero-order valence-electron chi connectivity index (χ0n) is 15.7. The molecule has 0 aliphatic carbocycles. The highest BCUT2D eigenvalue weighted by Crippen LogP contribution is 2.30. The van der Waals surface area contributed by atoms with Gasteiger partial charge >= 0.3 is 0 Å². The average molecular weight is 375 g/mol. The van der Waals surface area contributed by atoms with Crippen LogP contribution in [-0.2, 0) is 17.8 Å². The minimum Gasteiger partial charge on any atom is -0.361 e. The van der Waals surface area contributed by atoms with E-state index < -0.39 is 0 Å². The summed E-state index contributed by atoms with van der Waals surface area (Å²) < 4.78 is 5.32. The van der Waals surface area contributed by atoms with E-state index in [1.54, 1.807) is 11.3 Å². The monoisotopic (exact) mass is 374 g/mol. The Morgan fingerprint density at radius 2 is 2.12 bits per heavy atom. The van der Waals surface area contributed by atoms with E-state index in [2.05, 4.69) is 19.9 Å². The van der Waals surface area contributed by atoms with Crippen LogP contribution in [0.1, 0.15) is 40.6 Å². The number of aryl methyl sites for hydroxylation is 3. The number of hydrogen-bond donors (Lipinski definition) is 0. The fraction of sp³-hybridized carbons (Fsp3) is 0.632. The van der Waals surface area contributed by atoms with Crippen molar-refractivity contribution in [1.82, 2.24) is 19.9 Å². The number of hydrogen-bond acceptors (Lipinski definition) is 6. The lowest BCUT2D eigenvalue weighted by molar-refractivity contribution is -0.134. The molecule has 3 saturated heterocycles. The van der Waals surface area contributed by atoms with Gasteiger partial charge in [0.15, 0.2) is 0 Å². The van der Waals surface area contributed by atoms with Gasteiger partial charge in [0.25, 0.3) is 0 Å². The van der Waals surface area contributed by atoms with Gasteiger partial charge in [-0.05, 0) is 39.5 Å². The predicted molar refractivity (Wildman–Crippen MR) is 100 cm³/mol. The van der Waals surface area contributed by atoms with Gasteiger partial charge in [-0.3, -0.25) is 9.69 Å². The Bertz CT molecular complexity index is 780. The van der Waals surface area contributed by atoms with Crippen molar-refractivity contribution in [1.29, 1.82) is 0 Å². The second kappa shape index (κ2) is 7.12. The first-order valence-corrected chi connectivity index (χ1v) is 10.2. The highest BCUT2D eigenvalue weighted by molar-refractivity contribution is 7.09. The SMILES string of the molecule is Cc1nc(CC(=O)N2CC3CCC2CN(Cc2c(C)noc2C)C3)cs1. The number of amides is 1. The summed E-state index contributed by atoms with van der Waals surface area (Å²) in [6.07, 6.45) is 2.74. The van der Waals surface area contributed by atoms with Gasteiger partial charge in [-0.15, -0.1) is 11.3 Å². The molecule has 2 atom stereocenters. The van der Waals surface area contributed by atoms with Crippen LogP contribution in [0.4, 0.5) is 0 Å². The molecule has 2 aromatic rings. The first kappa shape index (κ1) is 17.7. The molecule has 3 aliphatic heterocycles. The van der Waals surface area contributed by atoms with Gasteiger partial charge in [0.1, 0.15) is 5.76 Å². The Hall–Kier alpha value is -1.73. The molecule has 6 nitrogen and oxygen atoms in total. The molecule has 5 heterocycles. The van der Waals surface area contributed by atoms with Crippen LogP contribution in [0.2, 0.25) is 0 Å². The minimum absolute atomic E-state index is 0.226. The number of thiazole rings is 1. The van der Waals surface area contributed by atoms with E-state index in [4.69, 9.17) is 4.52 Å². The van der Waals surface area contributed by atoms with E-state index in [0.717, 1.165) is 54.8 Å². The van der Waals surface area contributed by atoms with E-state index in [0.29, 0.717) is 18.4 Å². The van der Waals surface area contributed by atoms with Crippen LogP contribution in [0.15, 0.2) is 9.90 Å². The van der Waals surface area contributed by atoms with E-state index >= 15 is 0 Å². The molecule has 140 valence electrons. The average Bonchev–Trinajstić information content (AvgIpc) is 3.02. The van der Waals surface area contributed by atoms with Crippen molar-refractivity contribution in [3.63, 3.8) is 0 Å². The Morgan fingerprint density at radius 1 is 1.27 bits per heavy atom. The van der Waals surface area contributed by atoms with Crippen LogP contribution in [0, 0.1) is 26.7 Å². The fourth-order valence-electron chi connectivity index (χ4n) is 4.31. The molecule has 1 amide bonds. The van der Waals surface area contributed by atoms with Crippen LogP contribution in [-0.4, -0.2) is 51.5 Å². The zero-order valence-corrected chi connectivity index (χ0v) is 16.5. The maximum Gasteiger partial charge on any atom is 0.228 e. The van der Waals surface area contributed by atoms with Crippen LogP contribution in [0.5, 0.6) is 0 Å². The second-order valence-corrected chi connectivity index (χ2v) is 8.74. The third-order valence-corrected chi connectivity index (χ3v) is 6.49. The third-order valence-electron chi connectivity index (χ3n) is 5.67. The van der Waals surface area contributed by atoms with Crippen molar-refractivity contribution in [2.45, 2.75) is 52.6 Å². The fourth-order valence-corrected chi connectivity index (χ4v) is 4.92. The lowest BCUT2D eigenvalue weighted by atomic mass is 9.94. The van der Waals surface area contributed by atoms with Crippen molar-refractivity contribution in [2.24, 2.45) is 5.92 Å². The summed E-state index contributed by atoms with van der Waals surface area (Å²) in [4.78, 5) is 22.0. The molecule has 2 aromatic heterocycles. The van der Waals surface area contributed by atoms with Crippen LogP contribution in [0.25, 0.3) is 0 Å². The molecule has 0 radical (unpaired) electrons. The molecule has 3 aliphatic rings. The van der Waals surface area contributed by atoms with Gasteiger partial charge in [0, 0.05) is 43.2 Å². The Kier molecular flexibility index (Phi) is 4.84. The Balaban J connectivity index is 1.45. The van der Waals surface area contributed by atoms with Crippen molar-refractivity contribution < 1.29 is 9.32 Å². The molecule has 0 N–H and O–H groups in total. The lowest BCUT2D eigenvalue weighted by Gasteiger charge is -2.36. The topological polar surface area (TPSA) is 62.5 Å². The van der Waals surface area contributed by atoms with Crippen LogP contribution < -0.4 is 0 Å². The van der Waals surface area contributed by atoms with Crippen molar-refractivity contribution in [3.8, 4) is 0 Å². The van der Waals surface area contributed by atoms with E-state index in [9.17, 15) is 4.79 Å². The summed E-state index contributed by atoms with van der Waals surface area (Å²) in [6, 6.07) is 0.307. The maximum absolute atomic E-state index is 12.9. The summed E-state index contributed by atoms with van der Waals surface area (Å²) >= 11 is 1.61. The lowest BCUT2D eigenvalue weighted by Crippen LogP contribution is -2.48. The highest BCUT2D eigenvalue weighted by Gasteiger charge is 2.37. The van der Waals surface area contributed by atoms with Gasteiger partial charge in [0.05, 0.1) is 22.8 Å². The summed E-state index contributed by atoms with van der Waals surface area (Å²) in [5.41, 5.74) is 3.08. The predicted octanol–water partition coefficient (Wildman–Crippen LogP) is 2.72. The molecule has 3 fully saturated rings. The van der Waals surface area contributed by atoms with Gasteiger partial charge < -0.3 is 9.42 Å². The number of nitrogens with zero attached hydrogens (tertiary/aromatic N) is 4. The standard InChI is InChI=1S/C19H26N4O2S/c1-12-18(13(2)25-21-12)10-22-7-15-4-5-17(9-22)23(8-15)19(24)6-16-11-26-14(3)20-16/h11,15,17H,4-10H2,1-3H3. The largest absolute Gasteiger partial charge is 0.361 e. The number of piperidine rings is 1. The molecule has 0 spiro atoms. The molecule has 0 saturated carbocycles. The van der Waals surface area contributed by atoms with Crippen molar-refractivity contribution >= 4 is 17.2 Å². The number of carbonyl (C=O) groups excluding carboxylic acids is 1. The molecule has 5 rings (SSSR count). The molecule has 0 aromatic carbocycles. The smallest absolute Gasteiger partial charge is 0.228 e. The molecular weight excluding hydrogens is 348 g/mol. The molecular formula is C19H26N4O2S. The van der Waals surface area contributed by atoms with E-state index in [-0.39, 0.29) is 5.91 Å². The molecule has 26 heavy (non-hydrogen) atoms. The molecule has 2 bridgehead atoms. The summed E-state index contributed by atoms with van der Waals surface area (Å²) in [5, 5.41) is 7.11. The van der Waals surface area contributed by atoms with Gasteiger partial charge in [0.2, 0.25) is 5.91 Å². The summed E-state index contributed by atoms with van der Waals surface area (Å²) in [5.74, 6) is 1.69. The highest BCUT2D eigenvalue weighted by atomic mass is 32.1. The number of rotatable bonds is 4. The maximum atomic E-state index is 12.9. The number of carbonyl (C=O) groups is 1. The minimum atomic E-state index is 0.226. The molecule has 2 unspecified atom stereocenters. The number of fused-ring (bicyclic) bond motifs is 4. The van der Waals surface area contributed by atoms with Crippen LogP contribution in [0.3, 0.4) is 0 Å². The summed E-state index contributed by atoms with van der Waals surface area (Å²) in [6.45, 7) is 9.69. The normalized spacial score (nSPS) is 23.4. The van der Waals surface area contributed by atoms with Crippen LogP contribution >= 0.6 is 11.3 Å². The van der Waals surface area contributed by atoms with Gasteiger partial charge in [-0.1, -0.05) is 5.16 Å². The quantitative estimate of drug-likeness (QED) is 0.823. The third kappa shape index (κ3) is 3.55. The Morgan fingerprint density at radius 3 is 2.81 bits per heavy atom. The van der Waals surface area contributed by atoms with Crippen molar-refractivity contribution in [3.05, 3.63) is 33.1 Å². The van der Waals surface area contributed by atoms with E-state index in [1.807, 2.05) is 26.2 Å². The van der Waals surface area contributed by atoms with E-state index in [1.165, 1.54) is 12.0 Å². The van der Waals surface area contributed by atoms with Gasteiger partial charge in [-0.2, -0.15) is 0 Å². The Labute approximate surface area is 158 Å². The molecule has 7 heteroatoms. The second-order valence-electron chi connectivity index (χ2n) is 7.67. The summed E-state index contributed by atoms with van der Waals surface area (Å²) in [7, 11) is 0. The van der Waals surface area contributed by atoms with Crippen molar-refractivity contribution in [2.75, 3.05) is 19.6 Å². The first-order valence-electron chi connectivity index (χ1n) is 9.34. The first-order chi connectivity index (χ1) is 12.5. The zero-order chi connectivity index (χ0) is 18.3. The number of aromatic nitrogens is 2.